The van der Waals surface area contributed by atoms with Crippen molar-refractivity contribution in [1.29, 1.82) is 0 Å². The number of hydrogen-bond donors (Lipinski definition) is 1. The van der Waals surface area contributed by atoms with E-state index in [4.69, 9.17) is 4.74 Å². The summed E-state index contributed by atoms with van der Waals surface area (Å²) in [4.78, 5) is 25.8. The molecule has 1 amide bonds. The Morgan fingerprint density at radius 3 is 2.77 bits per heavy atom. The highest BCUT2D eigenvalue weighted by Crippen LogP contribution is 2.31. The molecule has 1 aromatic rings. The third kappa shape index (κ3) is 3.11. The molecule has 0 spiro atoms. The molecule has 0 unspecified atom stereocenters. The number of carbonyl (C=O) groups is 2. The van der Waals surface area contributed by atoms with Crippen LogP contribution in [0, 0.1) is 18.2 Å². The first-order valence-electron chi connectivity index (χ1n) is 7.17. The monoisotopic (exact) mass is 309 g/mol. The Bertz CT molecular complexity index is 586. The average Bonchev–Trinajstić information content (AvgIpc) is 2.47. The molecule has 6 heteroatoms. The first-order chi connectivity index (χ1) is 10.4. The van der Waals surface area contributed by atoms with Crippen molar-refractivity contribution in [1.82, 2.24) is 4.90 Å². The van der Waals surface area contributed by atoms with Gasteiger partial charge in [-0.05, 0) is 43.5 Å². The Hall–Kier alpha value is -1.95. The van der Waals surface area contributed by atoms with E-state index in [1.54, 1.807) is 6.92 Å². The molecule has 1 fully saturated rings. The molecular formula is C16H20FNO4. The third-order valence-electron chi connectivity index (χ3n) is 4.16. The predicted molar refractivity (Wildman–Crippen MR) is 78.2 cm³/mol. The van der Waals surface area contributed by atoms with Crippen molar-refractivity contribution in [2.45, 2.75) is 19.8 Å². The van der Waals surface area contributed by atoms with Crippen LogP contribution in [0.1, 0.15) is 28.8 Å². The minimum absolute atomic E-state index is 0.0640. The molecule has 120 valence electrons. The number of methoxy groups -OCH3 is 1. The lowest BCUT2D eigenvalue weighted by Crippen LogP contribution is -2.52. The predicted octanol–water partition coefficient (Wildman–Crippen LogP) is 2.09. The Balaban J connectivity index is 2.24. The lowest BCUT2D eigenvalue weighted by Gasteiger charge is -2.39. The molecule has 1 saturated heterocycles. The average molecular weight is 309 g/mol. The maximum atomic E-state index is 13.2. The number of halogens is 1. The van der Waals surface area contributed by atoms with Gasteiger partial charge < -0.3 is 14.7 Å². The zero-order valence-electron chi connectivity index (χ0n) is 12.8. The van der Waals surface area contributed by atoms with E-state index < -0.39 is 17.2 Å². The standard InChI is InChI=1S/C16H20FNO4/c1-11-8-12(17)4-5-13(11)14(19)18-7-3-6-16(9-18,10-22-2)15(20)21/h4-5,8H,3,6-7,9-10H2,1-2H3,(H,20,21)/t16-/m1/s1. The number of ether oxygens (including phenoxy) is 1. The maximum absolute atomic E-state index is 13.2. The van der Waals surface area contributed by atoms with Crippen LogP contribution in [0.25, 0.3) is 0 Å². The van der Waals surface area contributed by atoms with Crippen LogP contribution in [-0.4, -0.2) is 48.7 Å². The molecule has 1 aliphatic heterocycles. The van der Waals surface area contributed by atoms with Gasteiger partial charge in [-0.15, -0.1) is 0 Å². The van der Waals surface area contributed by atoms with Crippen molar-refractivity contribution in [3.05, 3.63) is 35.1 Å². The fourth-order valence-corrected chi connectivity index (χ4v) is 2.97. The minimum atomic E-state index is -1.07. The van der Waals surface area contributed by atoms with E-state index in [0.717, 1.165) is 0 Å². The molecule has 0 bridgehead atoms. The molecule has 0 aromatic heterocycles. The molecule has 0 radical (unpaired) electrons. The number of nitrogens with zero attached hydrogens (tertiary/aromatic N) is 1. The van der Waals surface area contributed by atoms with E-state index in [0.29, 0.717) is 30.5 Å². The molecule has 1 aromatic carbocycles. The largest absolute Gasteiger partial charge is 0.481 e. The van der Waals surface area contributed by atoms with Gasteiger partial charge in [0.1, 0.15) is 11.2 Å². The summed E-state index contributed by atoms with van der Waals surface area (Å²) < 4.78 is 18.2. The van der Waals surface area contributed by atoms with E-state index in [2.05, 4.69) is 0 Å². The smallest absolute Gasteiger partial charge is 0.313 e. The van der Waals surface area contributed by atoms with Crippen molar-refractivity contribution in [3.63, 3.8) is 0 Å². The number of likely N-dealkylation sites (tertiary alicyclic amines) is 1. The van der Waals surface area contributed by atoms with Crippen molar-refractivity contribution >= 4 is 11.9 Å². The number of benzene rings is 1. The highest BCUT2D eigenvalue weighted by molar-refractivity contribution is 5.96. The van der Waals surface area contributed by atoms with Crippen molar-refractivity contribution in [3.8, 4) is 0 Å². The summed E-state index contributed by atoms with van der Waals surface area (Å²) >= 11 is 0. The van der Waals surface area contributed by atoms with Crippen LogP contribution in [0.3, 0.4) is 0 Å². The minimum Gasteiger partial charge on any atom is -0.481 e. The second-order valence-corrected chi connectivity index (χ2v) is 5.81. The summed E-state index contributed by atoms with van der Waals surface area (Å²) in [6.45, 7) is 2.33. The summed E-state index contributed by atoms with van der Waals surface area (Å²) in [5, 5.41) is 9.51. The van der Waals surface area contributed by atoms with E-state index in [1.807, 2.05) is 0 Å². The van der Waals surface area contributed by atoms with Gasteiger partial charge in [-0.2, -0.15) is 0 Å². The summed E-state index contributed by atoms with van der Waals surface area (Å²) in [7, 11) is 1.45. The quantitative estimate of drug-likeness (QED) is 0.925. The van der Waals surface area contributed by atoms with Gasteiger partial charge in [-0.1, -0.05) is 0 Å². The fourth-order valence-electron chi connectivity index (χ4n) is 2.97. The summed E-state index contributed by atoms with van der Waals surface area (Å²) in [6, 6.07) is 3.99. The van der Waals surface area contributed by atoms with E-state index in [9.17, 15) is 19.1 Å². The van der Waals surface area contributed by atoms with E-state index >= 15 is 0 Å². The lowest BCUT2D eigenvalue weighted by molar-refractivity contribution is -0.155. The van der Waals surface area contributed by atoms with Crippen LogP contribution in [0.15, 0.2) is 18.2 Å². The Morgan fingerprint density at radius 2 is 2.18 bits per heavy atom. The number of amides is 1. The van der Waals surface area contributed by atoms with E-state index in [-0.39, 0.29) is 19.1 Å². The number of carboxylic acids is 1. The second kappa shape index (κ2) is 6.44. The Morgan fingerprint density at radius 1 is 1.45 bits per heavy atom. The van der Waals surface area contributed by atoms with Crippen LogP contribution < -0.4 is 0 Å². The molecule has 2 rings (SSSR count). The summed E-state index contributed by atoms with van der Waals surface area (Å²) in [5.41, 5.74) is -0.125. The number of aryl methyl sites for hydroxylation is 1. The molecule has 22 heavy (non-hydrogen) atoms. The Kier molecular flexibility index (Phi) is 4.81. The zero-order valence-corrected chi connectivity index (χ0v) is 12.8. The van der Waals surface area contributed by atoms with Gasteiger partial charge >= 0.3 is 5.97 Å². The van der Waals surface area contributed by atoms with Crippen molar-refractivity contribution in [2.75, 3.05) is 26.8 Å². The molecular weight excluding hydrogens is 289 g/mol. The highest BCUT2D eigenvalue weighted by Gasteiger charge is 2.44. The van der Waals surface area contributed by atoms with Gasteiger partial charge in [-0.25, -0.2) is 4.39 Å². The normalized spacial score (nSPS) is 21.7. The first-order valence-corrected chi connectivity index (χ1v) is 7.17. The van der Waals surface area contributed by atoms with Crippen LogP contribution in [-0.2, 0) is 9.53 Å². The van der Waals surface area contributed by atoms with Crippen LogP contribution in [0.5, 0.6) is 0 Å². The molecule has 1 N–H and O–H groups in total. The van der Waals surface area contributed by atoms with Gasteiger partial charge in [0.25, 0.3) is 5.91 Å². The Labute approximate surface area is 128 Å². The maximum Gasteiger partial charge on any atom is 0.313 e. The molecule has 5 nitrogen and oxygen atoms in total. The van der Waals surface area contributed by atoms with Gasteiger partial charge in [-0.3, -0.25) is 9.59 Å². The second-order valence-electron chi connectivity index (χ2n) is 5.81. The van der Waals surface area contributed by atoms with Gasteiger partial charge in [0, 0.05) is 25.8 Å². The molecule has 1 aliphatic rings. The van der Waals surface area contributed by atoms with Crippen LogP contribution in [0.2, 0.25) is 0 Å². The number of carboxylic acid groups (broad SMARTS) is 1. The van der Waals surface area contributed by atoms with Crippen LogP contribution >= 0.6 is 0 Å². The number of piperidine rings is 1. The van der Waals surface area contributed by atoms with Crippen molar-refractivity contribution in [2.24, 2.45) is 5.41 Å². The molecule has 0 aliphatic carbocycles. The topological polar surface area (TPSA) is 66.8 Å². The summed E-state index contributed by atoms with van der Waals surface area (Å²) in [5.74, 6) is -1.62. The van der Waals surface area contributed by atoms with E-state index in [1.165, 1.54) is 30.2 Å². The SMILES string of the molecule is COC[C@@]1(C(=O)O)CCCN(C(=O)c2ccc(F)cc2C)C1. The first kappa shape index (κ1) is 16.4. The highest BCUT2D eigenvalue weighted by atomic mass is 19.1. The summed E-state index contributed by atoms with van der Waals surface area (Å²) in [6.07, 6.45) is 1.07. The number of carbonyl (C=O) groups excluding carboxylic acids is 1. The number of aliphatic carboxylic acids is 1. The van der Waals surface area contributed by atoms with Gasteiger partial charge in [0.2, 0.25) is 0 Å². The molecule has 1 atom stereocenters. The van der Waals surface area contributed by atoms with Gasteiger partial charge in [0.15, 0.2) is 0 Å². The zero-order chi connectivity index (χ0) is 16.3. The van der Waals surface area contributed by atoms with Crippen molar-refractivity contribution < 1.29 is 23.8 Å². The number of hydrogen-bond acceptors (Lipinski definition) is 3. The number of rotatable bonds is 4. The fraction of sp³-hybridized carbons (Fsp3) is 0.500. The van der Waals surface area contributed by atoms with Gasteiger partial charge in [0.05, 0.1) is 6.61 Å². The third-order valence-corrected chi connectivity index (χ3v) is 4.16. The lowest BCUT2D eigenvalue weighted by atomic mass is 9.80. The molecule has 0 saturated carbocycles. The van der Waals surface area contributed by atoms with Crippen LogP contribution in [0.4, 0.5) is 4.39 Å². The molecule has 1 heterocycles.